The van der Waals surface area contributed by atoms with Crippen molar-refractivity contribution in [1.29, 1.82) is 0 Å². The third-order valence-electron chi connectivity index (χ3n) is 3.23. The molecule has 0 heterocycles. The average Bonchev–Trinajstić information content (AvgIpc) is 2.49. The topological polar surface area (TPSA) is 47.3 Å². The van der Waals surface area contributed by atoms with E-state index in [1.165, 1.54) is 0 Å². The molecule has 0 aromatic heterocycles. The smallest absolute Gasteiger partial charge is 0.142 e. The molecule has 0 fully saturated rings. The zero-order valence-corrected chi connectivity index (χ0v) is 12.1. The summed E-state index contributed by atoms with van der Waals surface area (Å²) < 4.78 is 32.8. The zero-order valence-electron chi connectivity index (χ0n) is 11.4. The zero-order chi connectivity index (χ0) is 15.4. The molecule has 0 radical (unpaired) electrons. The van der Waals surface area contributed by atoms with Gasteiger partial charge < -0.3 is 4.74 Å². The molecule has 1 unspecified atom stereocenters. The van der Waals surface area contributed by atoms with Crippen LogP contribution in [0.5, 0.6) is 5.75 Å². The number of methoxy groups -OCH3 is 1. The molecule has 0 aliphatic heterocycles. The molecule has 6 heteroatoms. The molecule has 21 heavy (non-hydrogen) atoms. The van der Waals surface area contributed by atoms with Gasteiger partial charge in [0.1, 0.15) is 17.4 Å². The van der Waals surface area contributed by atoms with Crippen molar-refractivity contribution in [1.82, 2.24) is 5.43 Å². The quantitative estimate of drug-likeness (QED) is 0.505. The van der Waals surface area contributed by atoms with Gasteiger partial charge in [0.25, 0.3) is 0 Å². The Morgan fingerprint density at radius 1 is 1.24 bits per heavy atom. The van der Waals surface area contributed by atoms with E-state index < -0.39 is 17.7 Å². The highest BCUT2D eigenvalue weighted by atomic mass is 35.5. The highest BCUT2D eigenvalue weighted by molar-refractivity contribution is 6.30. The molecule has 2 rings (SSSR count). The van der Waals surface area contributed by atoms with Crippen LogP contribution in [0.3, 0.4) is 0 Å². The number of hydrazine groups is 1. The molecule has 2 aromatic rings. The molecule has 0 bridgehead atoms. The van der Waals surface area contributed by atoms with E-state index in [1.54, 1.807) is 13.2 Å². The van der Waals surface area contributed by atoms with Crippen molar-refractivity contribution in [2.45, 2.75) is 12.5 Å². The van der Waals surface area contributed by atoms with Gasteiger partial charge in [0, 0.05) is 5.56 Å². The first kappa shape index (κ1) is 15.7. The molecule has 1 atom stereocenters. The van der Waals surface area contributed by atoms with Gasteiger partial charge in [0.05, 0.1) is 18.2 Å². The fraction of sp³-hybridized carbons (Fsp3) is 0.200. The Balaban J connectivity index is 2.34. The lowest BCUT2D eigenvalue weighted by molar-refractivity contribution is 0.404. The van der Waals surface area contributed by atoms with Crippen LogP contribution in [-0.2, 0) is 6.42 Å². The van der Waals surface area contributed by atoms with Gasteiger partial charge in [-0.15, -0.1) is 0 Å². The van der Waals surface area contributed by atoms with E-state index in [9.17, 15) is 8.78 Å². The third-order valence-corrected chi connectivity index (χ3v) is 3.52. The molecule has 0 amide bonds. The summed E-state index contributed by atoms with van der Waals surface area (Å²) in [6.07, 6.45) is 0.346. The van der Waals surface area contributed by atoms with Crippen LogP contribution in [0.4, 0.5) is 8.78 Å². The molecule has 0 saturated heterocycles. The lowest BCUT2D eigenvalue weighted by atomic mass is 9.98. The molecule has 3 N–H and O–H groups in total. The number of para-hydroxylation sites is 1. The molecule has 0 spiro atoms. The van der Waals surface area contributed by atoms with Crippen molar-refractivity contribution < 1.29 is 13.5 Å². The summed E-state index contributed by atoms with van der Waals surface area (Å²) in [7, 11) is 1.55. The van der Waals surface area contributed by atoms with Crippen molar-refractivity contribution in [3.63, 3.8) is 0 Å². The second-order valence-electron chi connectivity index (χ2n) is 4.52. The average molecular weight is 313 g/mol. The van der Waals surface area contributed by atoms with Crippen LogP contribution in [0.15, 0.2) is 36.4 Å². The van der Waals surface area contributed by atoms with Crippen molar-refractivity contribution in [2.75, 3.05) is 7.11 Å². The van der Waals surface area contributed by atoms with Crippen molar-refractivity contribution in [3.05, 3.63) is 64.2 Å². The first-order valence-corrected chi connectivity index (χ1v) is 6.67. The lowest BCUT2D eigenvalue weighted by Crippen LogP contribution is -2.30. The van der Waals surface area contributed by atoms with E-state index in [2.05, 4.69) is 5.43 Å². The molecular weight excluding hydrogens is 298 g/mol. The minimum atomic E-state index is -0.687. The molecule has 0 saturated carbocycles. The van der Waals surface area contributed by atoms with Gasteiger partial charge in [0.15, 0.2) is 0 Å². The Morgan fingerprint density at radius 2 is 1.95 bits per heavy atom. The third kappa shape index (κ3) is 3.50. The van der Waals surface area contributed by atoms with Crippen LogP contribution in [0.1, 0.15) is 17.2 Å². The van der Waals surface area contributed by atoms with Crippen LogP contribution in [-0.4, -0.2) is 7.11 Å². The van der Waals surface area contributed by atoms with Crippen LogP contribution >= 0.6 is 11.6 Å². The van der Waals surface area contributed by atoms with Crippen molar-refractivity contribution in [3.8, 4) is 5.75 Å². The van der Waals surface area contributed by atoms with Crippen LogP contribution in [0.25, 0.3) is 0 Å². The van der Waals surface area contributed by atoms with Crippen LogP contribution < -0.4 is 16.0 Å². The Morgan fingerprint density at radius 3 is 2.62 bits per heavy atom. The maximum absolute atomic E-state index is 14.0. The van der Waals surface area contributed by atoms with Gasteiger partial charge in [-0.05, 0) is 30.2 Å². The normalized spacial score (nSPS) is 12.2. The van der Waals surface area contributed by atoms with E-state index in [4.69, 9.17) is 22.2 Å². The summed E-state index contributed by atoms with van der Waals surface area (Å²) in [6.45, 7) is 0. The summed E-state index contributed by atoms with van der Waals surface area (Å²) in [5.74, 6) is 4.85. The molecule has 112 valence electrons. The predicted molar refractivity (Wildman–Crippen MR) is 78.1 cm³/mol. The minimum absolute atomic E-state index is 0.116. The molecule has 2 aromatic carbocycles. The second-order valence-corrected chi connectivity index (χ2v) is 4.93. The number of hydrogen-bond acceptors (Lipinski definition) is 3. The first-order valence-electron chi connectivity index (χ1n) is 6.29. The van der Waals surface area contributed by atoms with E-state index in [1.807, 2.05) is 18.2 Å². The summed E-state index contributed by atoms with van der Waals surface area (Å²) in [5.41, 5.74) is 3.45. The number of nitrogens with one attached hydrogen (secondary N) is 1. The fourth-order valence-corrected chi connectivity index (χ4v) is 2.31. The highest BCUT2D eigenvalue weighted by Gasteiger charge is 2.19. The van der Waals surface area contributed by atoms with E-state index in [-0.39, 0.29) is 10.6 Å². The van der Waals surface area contributed by atoms with Crippen LogP contribution in [0, 0.1) is 11.6 Å². The fourth-order valence-electron chi connectivity index (χ4n) is 2.16. The molecule has 3 nitrogen and oxygen atoms in total. The highest BCUT2D eigenvalue weighted by Crippen LogP contribution is 2.28. The number of nitrogens with two attached hydrogens (primary N) is 1. The predicted octanol–water partition coefficient (Wildman–Crippen LogP) is 3.37. The van der Waals surface area contributed by atoms with Crippen molar-refractivity contribution >= 4 is 11.6 Å². The Kier molecular flexibility index (Phi) is 5.12. The lowest BCUT2D eigenvalue weighted by Gasteiger charge is -2.19. The van der Waals surface area contributed by atoms with Gasteiger partial charge in [-0.2, -0.15) is 0 Å². The Labute approximate surface area is 126 Å². The van der Waals surface area contributed by atoms with E-state index in [0.29, 0.717) is 12.2 Å². The summed E-state index contributed by atoms with van der Waals surface area (Å²) in [6, 6.07) is 8.69. The summed E-state index contributed by atoms with van der Waals surface area (Å²) >= 11 is 5.56. The molecule has 0 aliphatic carbocycles. The number of hydrogen-bond donors (Lipinski definition) is 2. The molecule has 0 aliphatic rings. The van der Waals surface area contributed by atoms with Gasteiger partial charge in [-0.3, -0.25) is 11.3 Å². The summed E-state index contributed by atoms with van der Waals surface area (Å²) in [5, 5.41) is -0.260. The van der Waals surface area contributed by atoms with Gasteiger partial charge in [-0.1, -0.05) is 29.8 Å². The van der Waals surface area contributed by atoms with Gasteiger partial charge in [-0.25, -0.2) is 8.78 Å². The number of benzene rings is 2. The maximum Gasteiger partial charge on any atom is 0.142 e. The van der Waals surface area contributed by atoms with E-state index in [0.717, 1.165) is 17.7 Å². The standard InChI is InChI=1S/C15H15ClF2N2O/c1-21-15-5-3-2-4-9(15)6-14(20-19)10-7-13(18)11(16)8-12(10)17/h2-5,7-8,14,20H,6,19H2,1H3. The summed E-state index contributed by atoms with van der Waals surface area (Å²) in [4.78, 5) is 0. The van der Waals surface area contributed by atoms with Crippen molar-refractivity contribution in [2.24, 2.45) is 5.84 Å². The molecular formula is C15H15ClF2N2O. The minimum Gasteiger partial charge on any atom is -0.496 e. The Hall–Kier alpha value is -1.69. The first-order chi connectivity index (χ1) is 10.1. The SMILES string of the molecule is COc1ccccc1CC(NN)c1cc(F)c(Cl)cc1F. The number of rotatable bonds is 5. The maximum atomic E-state index is 14.0. The van der Waals surface area contributed by atoms with E-state index >= 15 is 0 Å². The second kappa shape index (κ2) is 6.85. The van der Waals surface area contributed by atoms with Crippen LogP contribution in [0.2, 0.25) is 5.02 Å². The number of halogens is 3. The largest absolute Gasteiger partial charge is 0.496 e. The van der Waals surface area contributed by atoms with Gasteiger partial charge >= 0.3 is 0 Å². The monoisotopic (exact) mass is 312 g/mol. The Bertz CT molecular complexity index is 637. The number of ether oxygens (including phenoxy) is 1. The van der Waals surface area contributed by atoms with Gasteiger partial charge in [0.2, 0.25) is 0 Å².